The molecule has 55 valence electrons. The van der Waals surface area contributed by atoms with Crippen LogP contribution < -0.4 is 0 Å². The van der Waals surface area contributed by atoms with Gasteiger partial charge in [-0.15, -0.1) is 23.2 Å². The molecule has 0 aromatic carbocycles. The van der Waals surface area contributed by atoms with Gasteiger partial charge in [-0.05, 0) is 12.8 Å². The maximum atomic E-state index is 8.42. The predicted octanol–water partition coefficient (Wildman–Crippen LogP) is 1.81. The fourth-order valence-corrected chi connectivity index (χ4v) is 0.835. The first-order valence-corrected chi connectivity index (χ1v) is 3.78. The summed E-state index contributed by atoms with van der Waals surface area (Å²) in [6.07, 6.45) is 1.15. The Morgan fingerprint density at radius 3 is 2.22 bits per heavy atom. The van der Waals surface area contributed by atoms with E-state index < -0.39 is 0 Å². The number of aliphatic hydroxyl groups excluding tert-OH is 1. The standard InChI is InChI=1S/C6H11Cl2O/c1-2-5(7)6(8)3-4-9/h5-6,9H,1-4H2. The van der Waals surface area contributed by atoms with Crippen LogP contribution in [0, 0.1) is 6.92 Å². The first kappa shape index (κ1) is 9.54. The minimum Gasteiger partial charge on any atom is -0.396 e. The van der Waals surface area contributed by atoms with Gasteiger partial charge in [-0.1, -0.05) is 6.92 Å². The van der Waals surface area contributed by atoms with Crippen LogP contribution in [0.2, 0.25) is 0 Å². The minimum atomic E-state index is -0.144. The second-order valence-electron chi connectivity index (χ2n) is 1.83. The lowest BCUT2D eigenvalue weighted by Gasteiger charge is -2.11. The van der Waals surface area contributed by atoms with E-state index in [9.17, 15) is 0 Å². The summed E-state index contributed by atoms with van der Waals surface area (Å²) in [5, 5.41) is 8.16. The molecule has 0 saturated carbocycles. The van der Waals surface area contributed by atoms with Crippen molar-refractivity contribution in [3.05, 3.63) is 6.92 Å². The zero-order valence-corrected chi connectivity index (χ0v) is 6.70. The SMILES string of the molecule is [CH2]CC(Cl)C(Cl)CCO. The number of rotatable bonds is 4. The summed E-state index contributed by atoms with van der Waals surface area (Å²) in [4.78, 5) is 0. The second-order valence-corrected chi connectivity index (χ2v) is 2.95. The molecule has 0 aliphatic carbocycles. The topological polar surface area (TPSA) is 20.2 Å². The van der Waals surface area contributed by atoms with Gasteiger partial charge in [0.15, 0.2) is 0 Å². The van der Waals surface area contributed by atoms with Crippen LogP contribution in [0.1, 0.15) is 12.8 Å². The molecule has 0 heterocycles. The lowest BCUT2D eigenvalue weighted by molar-refractivity contribution is 0.285. The lowest BCUT2D eigenvalue weighted by atomic mass is 10.2. The maximum Gasteiger partial charge on any atom is 0.0521 e. The monoisotopic (exact) mass is 169 g/mol. The first-order valence-electron chi connectivity index (χ1n) is 2.90. The van der Waals surface area contributed by atoms with Gasteiger partial charge in [0, 0.05) is 6.61 Å². The summed E-state index contributed by atoms with van der Waals surface area (Å²) in [5.41, 5.74) is 0. The van der Waals surface area contributed by atoms with Gasteiger partial charge >= 0.3 is 0 Å². The highest BCUT2D eigenvalue weighted by molar-refractivity contribution is 6.30. The van der Waals surface area contributed by atoms with E-state index in [0.29, 0.717) is 12.8 Å². The zero-order valence-electron chi connectivity index (χ0n) is 5.19. The van der Waals surface area contributed by atoms with Gasteiger partial charge in [-0.2, -0.15) is 0 Å². The Kier molecular flexibility index (Phi) is 5.65. The number of alkyl halides is 2. The average molecular weight is 170 g/mol. The summed E-state index contributed by atoms with van der Waals surface area (Å²) < 4.78 is 0. The molecular formula is C6H11Cl2O. The van der Waals surface area contributed by atoms with Gasteiger partial charge in [0.25, 0.3) is 0 Å². The number of hydrogen-bond acceptors (Lipinski definition) is 1. The molecule has 0 spiro atoms. The van der Waals surface area contributed by atoms with Crippen molar-refractivity contribution in [2.75, 3.05) is 6.61 Å². The Bertz CT molecular complexity index is 68.1. The smallest absolute Gasteiger partial charge is 0.0521 e. The van der Waals surface area contributed by atoms with E-state index in [1.54, 1.807) is 0 Å². The van der Waals surface area contributed by atoms with Crippen LogP contribution in [0.4, 0.5) is 0 Å². The van der Waals surface area contributed by atoms with Crippen LogP contribution in [-0.2, 0) is 0 Å². The molecule has 0 rings (SSSR count). The molecular weight excluding hydrogens is 159 g/mol. The summed E-state index contributed by atoms with van der Waals surface area (Å²) in [6.45, 7) is 3.69. The van der Waals surface area contributed by atoms with Gasteiger partial charge in [0.1, 0.15) is 0 Å². The fraction of sp³-hybridized carbons (Fsp3) is 0.833. The molecule has 1 N–H and O–H groups in total. The molecule has 2 atom stereocenters. The van der Waals surface area contributed by atoms with Crippen molar-refractivity contribution >= 4 is 23.2 Å². The molecule has 3 heteroatoms. The summed E-state index contributed by atoms with van der Waals surface area (Å²) in [5.74, 6) is 0. The molecule has 0 saturated heterocycles. The van der Waals surface area contributed by atoms with Gasteiger partial charge in [-0.3, -0.25) is 0 Å². The van der Waals surface area contributed by atoms with Gasteiger partial charge in [0.2, 0.25) is 0 Å². The molecule has 0 fully saturated rings. The van der Waals surface area contributed by atoms with E-state index >= 15 is 0 Å². The highest BCUT2D eigenvalue weighted by Crippen LogP contribution is 2.15. The Morgan fingerprint density at radius 2 is 1.89 bits per heavy atom. The minimum absolute atomic E-state index is 0.0946. The van der Waals surface area contributed by atoms with Crippen LogP contribution in [0.25, 0.3) is 0 Å². The molecule has 9 heavy (non-hydrogen) atoms. The van der Waals surface area contributed by atoms with Crippen molar-refractivity contribution in [3.63, 3.8) is 0 Å². The molecule has 1 nitrogen and oxygen atoms in total. The third kappa shape index (κ3) is 4.01. The largest absolute Gasteiger partial charge is 0.396 e. The highest BCUT2D eigenvalue weighted by Gasteiger charge is 2.12. The van der Waals surface area contributed by atoms with Crippen molar-refractivity contribution in [3.8, 4) is 0 Å². The van der Waals surface area contributed by atoms with Crippen molar-refractivity contribution in [2.24, 2.45) is 0 Å². The number of halogens is 2. The Morgan fingerprint density at radius 1 is 1.33 bits per heavy atom. The van der Waals surface area contributed by atoms with Crippen LogP contribution in [0.5, 0.6) is 0 Å². The quantitative estimate of drug-likeness (QED) is 0.638. The molecule has 1 radical (unpaired) electrons. The highest BCUT2D eigenvalue weighted by atomic mass is 35.5. The van der Waals surface area contributed by atoms with E-state index in [-0.39, 0.29) is 17.4 Å². The lowest BCUT2D eigenvalue weighted by Crippen LogP contribution is -2.15. The Balaban J connectivity index is 3.32. The first-order chi connectivity index (χ1) is 4.22. The fourth-order valence-electron chi connectivity index (χ4n) is 0.485. The van der Waals surface area contributed by atoms with Crippen LogP contribution >= 0.6 is 23.2 Å². The normalized spacial score (nSPS) is 17.3. The van der Waals surface area contributed by atoms with E-state index in [2.05, 4.69) is 6.92 Å². The van der Waals surface area contributed by atoms with Crippen molar-refractivity contribution in [2.45, 2.75) is 23.6 Å². The van der Waals surface area contributed by atoms with E-state index in [0.717, 1.165) is 0 Å². The van der Waals surface area contributed by atoms with E-state index in [1.807, 2.05) is 0 Å². The summed E-state index contributed by atoms with van der Waals surface area (Å²) in [6, 6.07) is 0. The summed E-state index contributed by atoms with van der Waals surface area (Å²) >= 11 is 11.4. The van der Waals surface area contributed by atoms with E-state index in [1.165, 1.54) is 0 Å². The van der Waals surface area contributed by atoms with Crippen molar-refractivity contribution in [1.82, 2.24) is 0 Å². The molecule has 0 amide bonds. The maximum absolute atomic E-state index is 8.42. The summed E-state index contributed by atoms with van der Waals surface area (Å²) in [7, 11) is 0. The Labute approximate surface area is 66.0 Å². The third-order valence-electron chi connectivity index (χ3n) is 1.07. The van der Waals surface area contributed by atoms with Gasteiger partial charge in [-0.25, -0.2) is 0 Å². The average Bonchev–Trinajstić information content (AvgIpc) is 1.87. The number of hydrogen-bond donors (Lipinski definition) is 1. The van der Waals surface area contributed by atoms with Crippen LogP contribution in [-0.4, -0.2) is 22.5 Å². The zero-order chi connectivity index (χ0) is 7.28. The third-order valence-corrected chi connectivity index (χ3v) is 2.25. The molecule has 0 aliphatic rings. The van der Waals surface area contributed by atoms with Crippen LogP contribution in [0.3, 0.4) is 0 Å². The molecule has 2 unspecified atom stereocenters. The molecule has 0 aliphatic heterocycles. The van der Waals surface area contributed by atoms with Crippen molar-refractivity contribution in [1.29, 1.82) is 0 Å². The van der Waals surface area contributed by atoms with Crippen LogP contribution in [0.15, 0.2) is 0 Å². The predicted molar refractivity (Wildman–Crippen MR) is 41.0 cm³/mol. The number of aliphatic hydroxyl groups is 1. The van der Waals surface area contributed by atoms with Gasteiger partial charge < -0.3 is 5.11 Å². The molecule has 0 bridgehead atoms. The van der Waals surface area contributed by atoms with E-state index in [4.69, 9.17) is 28.3 Å². The van der Waals surface area contributed by atoms with Crippen molar-refractivity contribution < 1.29 is 5.11 Å². The second kappa shape index (κ2) is 5.33. The Hall–Kier alpha value is 0.540. The molecule has 0 aromatic heterocycles. The van der Waals surface area contributed by atoms with Gasteiger partial charge in [0.05, 0.1) is 10.8 Å². The molecule has 0 aromatic rings.